The van der Waals surface area contributed by atoms with Crippen LogP contribution in [0.1, 0.15) is 6.92 Å². The summed E-state index contributed by atoms with van der Waals surface area (Å²) in [6.45, 7) is 0.593. The van der Waals surface area contributed by atoms with Gasteiger partial charge in [-0.1, -0.05) is 0 Å². The molecule has 2 aliphatic heterocycles. The molecule has 2 aromatic carbocycles. The van der Waals surface area contributed by atoms with Crippen molar-refractivity contribution in [1.29, 1.82) is 0 Å². The normalized spacial score (nSPS) is 33.5. The Kier molecular flexibility index (Phi) is 8.30. The molecule has 0 radical (unpaired) electrons. The van der Waals surface area contributed by atoms with Gasteiger partial charge in [0.2, 0.25) is 17.5 Å². The third kappa shape index (κ3) is 5.37. The average Bonchev–Trinajstić information content (AvgIpc) is 2.95. The van der Waals surface area contributed by atoms with E-state index in [0.29, 0.717) is 0 Å². The predicted octanol–water partition coefficient (Wildman–Crippen LogP) is -1.39. The lowest BCUT2D eigenvalue weighted by Crippen LogP contribution is -2.64. The first-order valence-corrected chi connectivity index (χ1v) is 12.9. The minimum Gasteiger partial charge on any atom is -0.508 e. The fourth-order valence-electron chi connectivity index (χ4n) is 4.87. The molecular weight excluding hydrogens is 564 g/mol. The summed E-state index contributed by atoms with van der Waals surface area (Å²) in [6, 6.07) is 7.31. The Morgan fingerprint density at radius 1 is 0.810 bits per heavy atom. The van der Waals surface area contributed by atoms with Gasteiger partial charge in [-0.2, -0.15) is 0 Å². The molecule has 228 valence electrons. The molecule has 3 heterocycles. The van der Waals surface area contributed by atoms with Gasteiger partial charge in [0.25, 0.3) is 0 Å². The molecule has 2 fully saturated rings. The van der Waals surface area contributed by atoms with Gasteiger partial charge in [-0.05, 0) is 31.2 Å². The van der Waals surface area contributed by atoms with E-state index in [2.05, 4.69) is 0 Å². The Labute approximate surface area is 236 Å². The van der Waals surface area contributed by atoms with Crippen LogP contribution in [0.4, 0.5) is 0 Å². The smallest absolute Gasteiger partial charge is 0.239 e. The van der Waals surface area contributed by atoms with Crippen molar-refractivity contribution >= 4 is 11.0 Å². The molecule has 0 unspecified atom stereocenters. The third-order valence-corrected chi connectivity index (χ3v) is 7.21. The van der Waals surface area contributed by atoms with E-state index in [1.165, 1.54) is 31.2 Å². The second-order valence-electron chi connectivity index (χ2n) is 10.1. The second kappa shape index (κ2) is 11.6. The highest BCUT2D eigenvalue weighted by Crippen LogP contribution is 2.38. The fourth-order valence-corrected chi connectivity index (χ4v) is 4.87. The molecule has 2 aliphatic rings. The first-order chi connectivity index (χ1) is 19.9. The van der Waals surface area contributed by atoms with E-state index in [9.17, 15) is 50.8 Å². The van der Waals surface area contributed by atoms with Crippen LogP contribution in [-0.4, -0.2) is 114 Å². The van der Waals surface area contributed by atoms with Crippen molar-refractivity contribution in [1.82, 2.24) is 0 Å². The molecule has 5 rings (SSSR count). The van der Waals surface area contributed by atoms with Gasteiger partial charge in [-0.15, -0.1) is 0 Å². The number of aromatic hydroxyl groups is 3. The minimum absolute atomic E-state index is 0.112. The number of rotatable bonds is 6. The van der Waals surface area contributed by atoms with Crippen molar-refractivity contribution in [3.63, 3.8) is 0 Å². The topological polar surface area (TPSA) is 249 Å². The van der Waals surface area contributed by atoms with E-state index < -0.39 is 96.1 Å². The summed E-state index contributed by atoms with van der Waals surface area (Å²) < 4.78 is 28.5. The predicted molar refractivity (Wildman–Crippen MR) is 139 cm³/mol. The number of fused-ring (bicyclic) bond motifs is 1. The van der Waals surface area contributed by atoms with Crippen LogP contribution in [0.25, 0.3) is 22.3 Å². The lowest BCUT2D eigenvalue weighted by atomic mass is 9.97. The maximum absolute atomic E-state index is 13.7. The van der Waals surface area contributed by atoms with Gasteiger partial charge < -0.3 is 69.3 Å². The van der Waals surface area contributed by atoms with Crippen molar-refractivity contribution in [2.75, 3.05) is 6.61 Å². The van der Waals surface area contributed by atoms with Crippen LogP contribution in [0, 0.1) is 0 Å². The Morgan fingerprint density at radius 3 is 2.17 bits per heavy atom. The highest BCUT2D eigenvalue weighted by molar-refractivity contribution is 5.88. The van der Waals surface area contributed by atoms with Crippen LogP contribution in [-0.2, 0) is 14.2 Å². The maximum atomic E-state index is 13.7. The summed E-state index contributed by atoms with van der Waals surface area (Å²) in [5.41, 5.74) is -0.995. The molecule has 2 saturated heterocycles. The van der Waals surface area contributed by atoms with E-state index in [4.69, 9.17) is 23.4 Å². The molecule has 9 N–H and O–H groups in total. The minimum atomic E-state index is -1.87. The highest BCUT2D eigenvalue weighted by Gasteiger charge is 2.51. The van der Waals surface area contributed by atoms with Crippen LogP contribution in [0.5, 0.6) is 23.0 Å². The second-order valence-corrected chi connectivity index (χ2v) is 10.1. The zero-order valence-corrected chi connectivity index (χ0v) is 21.9. The molecule has 0 saturated carbocycles. The van der Waals surface area contributed by atoms with Crippen LogP contribution in [0.3, 0.4) is 0 Å². The van der Waals surface area contributed by atoms with Gasteiger partial charge in [0.1, 0.15) is 64.8 Å². The third-order valence-electron chi connectivity index (χ3n) is 7.21. The molecule has 0 amide bonds. The van der Waals surface area contributed by atoms with Crippen LogP contribution in [0.15, 0.2) is 45.6 Å². The molecule has 0 spiro atoms. The number of benzene rings is 2. The van der Waals surface area contributed by atoms with Gasteiger partial charge >= 0.3 is 0 Å². The zero-order valence-electron chi connectivity index (χ0n) is 21.9. The zero-order chi connectivity index (χ0) is 30.5. The van der Waals surface area contributed by atoms with Crippen LogP contribution < -0.4 is 10.2 Å². The number of ether oxygens (including phenoxy) is 4. The van der Waals surface area contributed by atoms with Gasteiger partial charge in [0.05, 0.1) is 12.7 Å². The number of aliphatic hydroxyl groups excluding tert-OH is 6. The summed E-state index contributed by atoms with van der Waals surface area (Å²) in [7, 11) is 0. The largest absolute Gasteiger partial charge is 0.508 e. The first kappa shape index (κ1) is 30.0. The number of phenols is 3. The van der Waals surface area contributed by atoms with Gasteiger partial charge in [-0.3, -0.25) is 4.79 Å². The average molecular weight is 595 g/mol. The van der Waals surface area contributed by atoms with Crippen LogP contribution in [0.2, 0.25) is 0 Å². The van der Waals surface area contributed by atoms with E-state index in [-0.39, 0.29) is 22.7 Å². The van der Waals surface area contributed by atoms with E-state index in [1.54, 1.807) is 0 Å². The molecule has 42 heavy (non-hydrogen) atoms. The standard InChI is InChI=1S/C27H30O15/c1-9-17(32)20(35)22(37)26(38-9)42-25-21(36)18(33)15(8-28)40-27(25)41-24-19(34)16-13(31)6-12(30)7-14(16)39-23(24)10-2-4-11(29)5-3-10/h2-7,9,15,17-18,20-22,25-33,35-37H,8H2,1H3/t9-,15+,17+,18-,20-,21+,22-,25-,26+,27-/m0/s1. The molecule has 0 aliphatic carbocycles. The van der Waals surface area contributed by atoms with Crippen molar-refractivity contribution < 1.29 is 69.3 Å². The molecule has 3 aromatic rings. The summed E-state index contributed by atoms with van der Waals surface area (Å²) in [5.74, 6) is -2.03. The lowest BCUT2D eigenvalue weighted by molar-refractivity contribution is -0.354. The maximum Gasteiger partial charge on any atom is 0.239 e. The Bertz CT molecular complexity index is 1470. The SMILES string of the molecule is C[C@@H]1O[C@H](O[C@@H]2[C@H](Oc3c(-c4ccc(O)cc4)oc4cc(O)cc(O)c4c3=O)O[C@H](CO)[C@H](O)[C@H]2O)[C@@H](O)[C@@H](O)[C@@H]1O. The number of aliphatic hydroxyl groups is 6. The fraction of sp³-hybridized carbons (Fsp3) is 0.444. The molecular formula is C27H30O15. The summed E-state index contributed by atoms with van der Waals surface area (Å²) >= 11 is 0. The summed E-state index contributed by atoms with van der Waals surface area (Å²) in [4.78, 5) is 13.7. The molecule has 15 heteroatoms. The van der Waals surface area contributed by atoms with Gasteiger partial charge in [-0.25, -0.2) is 0 Å². The highest BCUT2D eigenvalue weighted by atomic mass is 16.8. The number of hydrogen-bond donors (Lipinski definition) is 9. The van der Waals surface area contributed by atoms with Crippen LogP contribution >= 0.6 is 0 Å². The Morgan fingerprint density at radius 2 is 1.50 bits per heavy atom. The monoisotopic (exact) mass is 594 g/mol. The molecule has 10 atom stereocenters. The van der Waals surface area contributed by atoms with Crippen molar-refractivity contribution in [3.8, 4) is 34.3 Å². The number of phenolic OH excluding ortho intramolecular Hbond substituents is 3. The van der Waals surface area contributed by atoms with E-state index in [1.807, 2.05) is 0 Å². The molecule has 0 bridgehead atoms. The lowest BCUT2D eigenvalue weighted by Gasteiger charge is -2.45. The Hall–Kier alpha value is -3.51. The quantitative estimate of drug-likeness (QED) is 0.159. The van der Waals surface area contributed by atoms with E-state index >= 15 is 0 Å². The Balaban J connectivity index is 1.60. The van der Waals surface area contributed by atoms with Gasteiger partial charge in [0.15, 0.2) is 18.2 Å². The molecule has 1 aromatic heterocycles. The van der Waals surface area contributed by atoms with Crippen molar-refractivity contribution in [2.45, 2.75) is 68.3 Å². The summed E-state index contributed by atoms with van der Waals surface area (Å²) in [5, 5.41) is 91.6. The van der Waals surface area contributed by atoms with E-state index in [0.717, 1.165) is 12.1 Å². The first-order valence-electron chi connectivity index (χ1n) is 12.9. The number of hydrogen-bond acceptors (Lipinski definition) is 15. The van der Waals surface area contributed by atoms with Gasteiger partial charge in [0, 0.05) is 17.7 Å². The summed E-state index contributed by atoms with van der Waals surface area (Å²) in [6.07, 6.45) is -16.3. The van der Waals surface area contributed by atoms with Crippen molar-refractivity contribution in [2.24, 2.45) is 0 Å². The molecule has 15 nitrogen and oxygen atoms in total. The van der Waals surface area contributed by atoms with Crippen molar-refractivity contribution in [3.05, 3.63) is 46.6 Å².